The number of H-pyrrole nitrogens is 1. The summed E-state index contributed by atoms with van der Waals surface area (Å²) in [5, 5.41) is 12.2. The molecule has 1 atom stereocenters. The average molecular weight is 489 g/mol. The molecular formula is C26H28N6O4. The van der Waals surface area contributed by atoms with Gasteiger partial charge in [-0.2, -0.15) is 10.2 Å². The second-order valence-corrected chi connectivity index (χ2v) is 9.08. The predicted molar refractivity (Wildman–Crippen MR) is 133 cm³/mol. The van der Waals surface area contributed by atoms with Gasteiger partial charge in [0, 0.05) is 43.5 Å². The number of hydrogen-bond donors (Lipinski definition) is 1. The third kappa shape index (κ3) is 3.78. The lowest BCUT2D eigenvalue weighted by molar-refractivity contribution is 0.00497. The lowest BCUT2D eigenvalue weighted by atomic mass is 9.99. The fourth-order valence-electron chi connectivity index (χ4n) is 5.10. The largest absolute Gasteiger partial charge is 0.494 e. The normalized spacial score (nSPS) is 16.7. The van der Waals surface area contributed by atoms with Crippen molar-refractivity contribution in [1.82, 2.24) is 29.9 Å². The number of carbonyl (C=O) groups excluding carboxylic acids is 1. The molecule has 2 aliphatic rings. The van der Waals surface area contributed by atoms with Crippen molar-refractivity contribution < 1.29 is 19.0 Å². The van der Waals surface area contributed by atoms with Gasteiger partial charge in [0.2, 0.25) is 0 Å². The zero-order valence-electron chi connectivity index (χ0n) is 20.4. The molecule has 36 heavy (non-hydrogen) atoms. The minimum atomic E-state index is -0.362. The zero-order valence-corrected chi connectivity index (χ0v) is 20.4. The van der Waals surface area contributed by atoms with Crippen molar-refractivity contribution in [3.8, 4) is 28.3 Å². The monoisotopic (exact) mass is 488 g/mol. The minimum Gasteiger partial charge on any atom is -0.494 e. The summed E-state index contributed by atoms with van der Waals surface area (Å²) in [5.41, 5.74) is 7.75. The second-order valence-electron chi connectivity index (χ2n) is 9.08. The third-order valence-electron chi connectivity index (χ3n) is 7.04. The standard InChI is InChI=1S/C26H28N6O4/c1-34-11-12-36-26(33)31-10-9-22(31)32-15-17(14-27-32)23-25-20(29-30-23)13-21(35-2)24(28-25)19-8-4-6-16-5-3-7-18(16)19/h4,6,8,13-15,22H,3,5,7,9-12H2,1-2H3,(H,29,30). The molecule has 4 aromatic rings. The summed E-state index contributed by atoms with van der Waals surface area (Å²) in [6.45, 7) is 1.22. The van der Waals surface area contributed by atoms with E-state index < -0.39 is 0 Å². The number of nitrogens with zero attached hydrogens (tertiary/aromatic N) is 5. The molecule has 10 nitrogen and oxygen atoms in total. The molecular weight excluding hydrogens is 460 g/mol. The van der Waals surface area contributed by atoms with E-state index in [-0.39, 0.29) is 18.9 Å². The van der Waals surface area contributed by atoms with E-state index in [1.54, 1.807) is 30.0 Å². The quantitative estimate of drug-likeness (QED) is 0.392. The molecule has 1 aromatic carbocycles. The van der Waals surface area contributed by atoms with Crippen LogP contribution >= 0.6 is 0 Å². The molecule has 6 rings (SSSR count). The van der Waals surface area contributed by atoms with E-state index in [1.807, 2.05) is 12.3 Å². The van der Waals surface area contributed by atoms with Crippen LogP contribution in [0.3, 0.4) is 0 Å². The number of hydrogen-bond acceptors (Lipinski definition) is 7. The number of likely N-dealkylation sites (tertiary alicyclic amines) is 1. The summed E-state index contributed by atoms with van der Waals surface area (Å²) in [6, 6.07) is 8.37. The van der Waals surface area contributed by atoms with Crippen LogP contribution in [0.1, 0.15) is 30.1 Å². The molecule has 1 aliphatic heterocycles. The molecule has 0 bridgehead atoms. The van der Waals surface area contributed by atoms with Gasteiger partial charge in [-0.25, -0.2) is 14.5 Å². The molecule has 1 aliphatic carbocycles. The van der Waals surface area contributed by atoms with Crippen LogP contribution in [-0.2, 0) is 22.3 Å². The van der Waals surface area contributed by atoms with E-state index in [2.05, 4.69) is 33.5 Å². The van der Waals surface area contributed by atoms with Gasteiger partial charge in [0.05, 0.1) is 25.4 Å². The van der Waals surface area contributed by atoms with E-state index in [4.69, 9.17) is 19.2 Å². The molecule has 0 saturated carbocycles. The van der Waals surface area contributed by atoms with Crippen molar-refractivity contribution in [2.75, 3.05) is 34.0 Å². The van der Waals surface area contributed by atoms with Gasteiger partial charge in [0.1, 0.15) is 35.4 Å². The van der Waals surface area contributed by atoms with Gasteiger partial charge in [-0.3, -0.25) is 10.00 Å². The SMILES string of the molecule is COCCOC(=O)N1CCC1n1cc(-c2n[nH]c3cc(OC)c(-c4cccc5c4CCC5)nc23)cn1. The van der Waals surface area contributed by atoms with Crippen LogP contribution in [0.15, 0.2) is 36.7 Å². The number of benzene rings is 1. The fraction of sp³-hybridized carbons (Fsp3) is 0.385. The number of carbonyl (C=O) groups is 1. The lowest BCUT2D eigenvalue weighted by Gasteiger charge is -2.39. The highest BCUT2D eigenvalue weighted by molar-refractivity contribution is 5.92. The predicted octanol–water partition coefficient (Wildman–Crippen LogP) is 3.97. The van der Waals surface area contributed by atoms with Crippen LogP contribution < -0.4 is 4.74 Å². The first kappa shape index (κ1) is 22.5. The maximum atomic E-state index is 12.4. The molecule has 1 amide bonds. The number of aromatic amines is 1. The van der Waals surface area contributed by atoms with Crippen molar-refractivity contribution in [3.05, 3.63) is 47.8 Å². The van der Waals surface area contributed by atoms with Crippen molar-refractivity contribution in [1.29, 1.82) is 0 Å². The fourth-order valence-corrected chi connectivity index (χ4v) is 5.10. The van der Waals surface area contributed by atoms with E-state index in [0.717, 1.165) is 53.5 Å². The van der Waals surface area contributed by atoms with Crippen LogP contribution in [0.4, 0.5) is 4.79 Å². The minimum absolute atomic E-state index is 0.186. The van der Waals surface area contributed by atoms with Crippen molar-refractivity contribution in [2.24, 2.45) is 0 Å². The molecule has 3 aromatic heterocycles. The van der Waals surface area contributed by atoms with Gasteiger partial charge in [-0.1, -0.05) is 18.2 Å². The van der Waals surface area contributed by atoms with E-state index in [0.29, 0.717) is 24.6 Å². The highest BCUT2D eigenvalue weighted by atomic mass is 16.6. The zero-order chi connectivity index (χ0) is 24.6. The maximum Gasteiger partial charge on any atom is 0.411 e. The summed E-state index contributed by atoms with van der Waals surface area (Å²) >= 11 is 0. The highest BCUT2D eigenvalue weighted by Gasteiger charge is 2.35. The van der Waals surface area contributed by atoms with Gasteiger partial charge >= 0.3 is 6.09 Å². The molecule has 1 saturated heterocycles. The molecule has 186 valence electrons. The van der Waals surface area contributed by atoms with Gasteiger partial charge in [0.15, 0.2) is 0 Å². The number of pyridine rings is 1. The number of fused-ring (bicyclic) bond motifs is 2. The van der Waals surface area contributed by atoms with Crippen molar-refractivity contribution in [2.45, 2.75) is 31.8 Å². The number of methoxy groups -OCH3 is 2. The number of aryl methyl sites for hydroxylation is 1. The first-order valence-corrected chi connectivity index (χ1v) is 12.2. The molecule has 10 heteroatoms. The average Bonchev–Trinajstić information content (AvgIpc) is 3.61. The molecule has 4 heterocycles. The summed E-state index contributed by atoms with van der Waals surface area (Å²) < 4.78 is 17.7. The van der Waals surface area contributed by atoms with Crippen LogP contribution in [0, 0.1) is 0 Å². The van der Waals surface area contributed by atoms with Gasteiger partial charge in [0.25, 0.3) is 0 Å². The van der Waals surface area contributed by atoms with Crippen LogP contribution in [0.5, 0.6) is 5.75 Å². The van der Waals surface area contributed by atoms with E-state index >= 15 is 0 Å². The Morgan fingerprint density at radius 1 is 1.19 bits per heavy atom. The van der Waals surface area contributed by atoms with E-state index in [1.165, 1.54) is 11.1 Å². The number of amides is 1. The summed E-state index contributed by atoms with van der Waals surface area (Å²) in [5.74, 6) is 0.714. The first-order valence-electron chi connectivity index (χ1n) is 12.2. The summed E-state index contributed by atoms with van der Waals surface area (Å²) in [6.07, 6.45) is 7.22. The van der Waals surface area contributed by atoms with Gasteiger partial charge in [-0.15, -0.1) is 0 Å². The Morgan fingerprint density at radius 3 is 2.92 bits per heavy atom. The van der Waals surface area contributed by atoms with Crippen molar-refractivity contribution in [3.63, 3.8) is 0 Å². The Kier molecular flexibility index (Phi) is 5.80. The van der Waals surface area contributed by atoms with Crippen LogP contribution in [0.2, 0.25) is 0 Å². The molecule has 1 unspecified atom stereocenters. The van der Waals surface area contributed by atoms with Crippen LogP contribution in [0.25, 0.3) is 33.5 Å². The third-order valence-corrected chi connectivity index (χ3v) is 7.04. The number of rotatable bonds is 7. The Bertz CT molecular complexity index is 1430. The number of nitrogens with one attached hydrogen (secondary N) is 1. The van der Waals surface area contributed by atoms with E-state index in [9.17, 15) is 4.79 Å². The molecule has 0 spiro atoms. The Hall–Kier alpha value is -3.92. The molecule has 1 fully saturated rings. The van der Waals surface area contributed by atoms with Crippen LogP contribution in [-0.4, -0.2) is 69.9 Å². The number of aromatic nitrogens is 5. The number of ether oxygens (including phenoxy) is 3. The van der Waals surface area contributed by atoms with Crippen molar-refractivity contribution >= 4 is 17.1 Å². The smallest absolute Gasteiger partial charge is 0.411 e. The molecule has 1 N–H and O–H groups in total. The molecule has 0 radical (unpaired) electrons. The Labute approximate surface area is 208 Å². The Morgan fingerprint density at radius 2 is 2.11 bits per heavy atom. The second kappa shape index (κ2) is 9.27. The lowest BCUT2D eigenvalue weighted by Crippen LogP contribution is -2.48. The maximum absolute atomic E-state index is 12.4. The topological polar surface area (TPSA) is 107 Å². The van der Waals surface area contributed by atoms with Gasteiger partial charge in [-0.05, 0) is 30.4 Å². The first-order chi connectivity index (χ1) is 17.7. The summed E-state index contributed by atoms with van der Waals surface area (Å²) in [4.78, 5) is 19.1. The Balaban J connectivity index is 1.32. The van der Waals surface area contributed by atoms with Gasteiger partial charge < -0.3 is 14.2 Å². The highest BCUT2D eigenvalue weighted by Crippen LogP contribution is 2.39. The summed E-state index contributed by atoms with van der Waals surface area (Å²) in [7, 11) is 3.24.